The maximum atomic E-state index is 6.20. The predicted molar refractivity (Wildman–Crippen MR) is 75.9 cm³/mol. The van der Waals surface area contributed by atoms with E-state index >= 15 is 0 Å². The molecule has 2 aliphatic carbocycles. The van der Waals surface area contributed by atoms with E-state index in [0.717, 1.165) is 30.1 Å². The first-order chi connectivity index (χ1) is 8.63. The van der Waals surface area contributed by atoms with Crippen LogP contribution in [0.5, 0.6) is 0 Å². The largest absolute Gasteiger partial charge is 0.397 e. The molecule has 1 heterocycles. The van der Waals surface area contributed by atoms with Crippen molar-refractivity contribution in [3.63, 3.8) is 0 Å². The second-order valence-electron chi connectivity index (χ2n) is 5.89. The van der Waals surface area contributed by atoms with E-state index in [2.05, 4.69) is 16.9 Å². The molecule has 0 amide bonds. The number of rotatable bonds is 3. The van der Waals surface area contributed by atoms with E-state index < -0.39 is 0 Å². The number of hydrogen-bond donors (Lipinski definition) is 1. The van der Waals surface area contributed by atoms with Crippen molar-refractivity contribution >= 4 is 23.1 Å². The molecule has 2 fully saturated rings. The fraction of sp³-hybridized carbons (Fsp3) is 0.643. The van der Waals surface area contributed by atoms with Gasteiger partial charge in [0.1, 0.15) is 5.82 Å². The zero-order chi connectivity index (χ0) is 12.7. The molecule has 0 aromatic carbocycles. The van der Waals surface area contributed by atoms with Gasteiger partial charge in [-0.25, -0.2) is 4.98 Å². The van der Waals surface area contributed by atoms with Crippen molar-refractivity contribution in [2.75, 3.05) is 24.2 Å². The third kappa shape index (κ3) is 2.16. The van der Waals surface area contributed by atoms with E-state index in [1.165, 1.54) is 25.7 Å². The van der Waals surface area contributed by atoms with Gasteiger partial charge in [0.05, 0.1) is 16.9 Å². The molecule has 4 heteroatoms. The number of fused-ring (bicyclic) bond motifs is 2. The van der Waals surface area contributed by atoms with Gasteiger partial charge in [-0.05, 0) is 43.1 Å². The fourth-order valence-electron chi connectivity index (χ4n) is 3.76. The van der Waals surface area contributed by atoms with Crippen LogP contribution in [0.3, 0.4) is 0 Å². The number of hydrogen-bond acceptors (Lipinski definition) is 3. The topological polar surface area (TPSA) is 42.2 Å². The molecule has 3 atom stereocenters. The van der Waals surface area contributed by atoms with Gasteiger partial charge in [0, 0.05) is 13.6 Å². The second kappa shape index (κ2) is 4.61. The third-order valence-electron chi connectivity index (χ3n) is 4.60. The molecule has 0 spiro atoms. The Morgan fingerprint density at radius 2 is 2.28 bits per heavy atom. The minimum Gasteiger partial charge on any atom is -0.397 e. The molecule has 0 aliphatic heterocycles. The van der Waals surface area contributed by atoms with Crippen LogP contribution in [0.25, 0.3) is 0 Å². The zero-order valence-electron chi connectivity index (χ0n) is 10.8. The van der Waals surface area contributed by atoms with Crippen LogP contribution in [-0.4, -0.2) is 18.6 Å². The second-order valence-corrected chi connectivity index (χ2v) is 6.30. The van der Waals surface area contributed by atoms with Gasteiger partial charge >= 0.3 is 0 Å². The monoisotopic (exact) mass is 265 g/mol. The summed E-state index contributed by atoms with van der Waals surface area (Å²) in [5.74, 6) is 3.60. The standard InChI is InChI=1S/C14H20ClN3/c1-18(14-13(15)6-12(16)7-17-14)8-11-5-9-2-3-10(11)4-9/h6-7,9-11H,2-5,8,16H2,1H3. The summed E-state index contributed by atoms with van der Waals surface area (Å²) in [6.07, 6.45) is 7.39. The Hall–Kier alpha value is -0.960. The smallest absolute Gasteiger partial charge is 0.147 e. The van der Waals surface area contributed by atoms with Gasteiger partial charge in [-0.2, -0.15) is 0 Å². The van der Waals surface area contributed by atoms with E-state index in [9.17, 15) is 0 Å². The molecule has 1 aromatic rings. The van der Waals surface area contributed by atoms with Crippen molar-refractivity contribution in [2.45, 2.75) is 25.7 Å². The lowest BCUT2D eigenvalue weighted by Gasteiger charge is -2.28. The molecule has 98 valence electrons. The van der Waals surface area contributed by atoms with Crippen LogP contribution in [0.4, 0.5) is 11.5 Å². The van der Waals surface area contributed by atoms with Crippen LogP contribution >= 0.6 is 11.6 Å². The molecule has 3 nitrogen and oxygen atoms in total. The highest BCUT2D eigenvalue weighted by Gasteiger charge is 2.39. The van der Waals surface area contributed by atoms with Gasteiger partial charge in [-0.1, -0.05) is 18.0 Å². The van der Waals surface area contributed by atoms with Gasteiger partial charge in [-0.15, -0.1) is 0 Å². The molecule has 2 saturated carbocycles. The van der Waals surface area contributed by atoms with Crippen LogP contribution < -0.4 is 10.6 Å². The van der Waals surface area contributed by atoms with Gasteiger partial charge in [-0.3, -0.25) is 0 Å². The number of anilines is 2. The number of nitrogens with two attached hydrogens (primary N) is 1. The Morgan fingerprint density at radius 1 is 1.44 bits per heavy atom. The van der Waals surface area contributed by atoms with Crippen molar-refractivity contribution < 1.29 is 0 Å². The van der Waals surface area contributed by atoms with Crippen molar-refractivity contribution in [3.05, 3.63) is 17.3 Å². The molecule has 3 rings (SSSR count). The van der Waals surface area contributed by atoms with E-state index in [0.29, 0.717) is 10.7 Å². The summed E-state index contributed by atoms with van der Waals surface area (Å²) < 4.78 is 0. The SMILES string of the molecule is CN(CC1CC2CCC1C2)c1ncc(N)cc1Cl. The summed E-state index contributed by atoms with van der Waals surface area (Å²) in [5, 5.41) is 0.653. The van der Waals surface area contributed by atoms with Gasteiger partial charge < -0.3 is 10.6 Å². The average Bonchev–Trinajstić information content (AvgIpc) is 2.90. The quantitative estimate of drug-likeness (QED) is 0.913. The summed E-state index contributed by atoms with van der Waals surface area (Å²) in [7, 11) is 2.08. The first-order valence-electron chi connectivity index (χ1n) is 6.75. The first kappa shape index (κ1) is 12.1. The lowest BCUT2D eigenvalue weighted by molar-refractivity contribution is 0.337. The van der Waals surface area contributed by atoms with E-state index in [-0.39, 0.29) is 0 Å². The highest BCUT2D eigenvalue weighted by molar-refractivity contribution is 6.33. The van der Waals surface area contributed by atoms with Crippen molar-refractivity contribution in [2.24, 2.45) is 17.8 Å². The number of nitrogen functional groups attached to an aromatic ring is 1. The minimum absolute atomic E-state index is 0.622. The molecule has 3 unspecified atom stereocenters. The Balaban J connectivity index is 1.69. The van der Waals surface area contributed by atoms with E-state index in [4.69, 9.17) is 17.3 Å². The molecular formula is C14H20ClN3. The van der Waals surface area contributed by atoms with E-state index in [1.54, 1.807) is 12.3 Å². The molecule has 0 radical (unpaired) electrons. The Morgan fingerprint density at radius 3 is 2.89 bits per heavy atom. The maximum absolute atomic E-state index is 6.20. The van der Waals surface area contributed by atoms with Crippen LogP contribution in [0.2, 0.25) is 5.02 Å². The highest BCUT2D eigenvalue weighted by Crippen LogP contribution is 2.48. The molecule has 18 heavy (non-hydrogen) atoms. The summed E-state index contributed by atoms with van der Waals surface area (Å²) in [5.41, 5.74) is 6.30. The normalized spacial score (nSPS) is 29.8. The minimum atomic E-state index is 0.622. The number of nitrogens with zero attached hydrogens (tertiary/aromatic N) is 2. The number of pyridine rings is 1. The lowest BCUT2D eigenvalue weighted by atomic mass is 9.88. The molecule has 2 N–H and O–H groups in total. The van der Waals surface area contributed by atoms with Gasteiger partial charge in [0.25, 0.3) is 0 Å². The molecule has 0 saturated heterocycles. The summed E-state index contributed by atoms with van der Waals surface area (Å²) in [4.78, 5) is 6.54. The highest BCUT2D eigenvalue weighted by atomic mass is 35.5. The van der Waals surface area contributed by atoms with Crippen molar-refractivity contribution in [1.82, 2.24) is 4.98 Å². The van der Waals surface area contributed by atoms with Gasteiger partial charge in [0.2, 0.25) is 0 Å². The third-order valence-corrected chi connectivity index (χ3v) is 4.88. The van der Waals surface area contributed by atoms with Crippen LogP contribution in [-0.2, 0) is 0 Å². The molecule has 2 bridgehead atoms. The Kier molecular flexibility index (Phi) is 3.10. The fourth-order valence-corrected chi connectivity index (χ4v) is 4.08. The van der Waals surface area contributed by atoms with Crippen LogP contribution in [0.15, 0.2) is 12.3 Å². The van der Waals surface area contributed by atoms with Crippen LogP contribution in [0, 0.1) is 17.8 Å². The lowest BCUT2D eigenvalue weighted by Crippen LogP contribution is -2.29. The zero-order valence-corrected chi connectivity index (χ0v) is 11.5. The molecule has 1 aromatic heterocycles. The maximum Gasteiger partial charge on any atom is 0.147 e. The first-order valence-corrected chi connectivity index (χ1v) is 7.13. The summed E-state index contributed by atoms with van der Waals surface area (Å²) in [6.45, 7) is 1.07. The summed E-state index contributed by atoms with van der Waals surface area (Å²) in [6, 6.07) is 1.78. The summed E-state index contributed by atoms with van der Waals surface area (Å²) >= 11 is 6.20. The molecule has 2 aliphatic rings. The predicted octanol–water partition coefficient (Wildman–Crippen LogP) is 3.19. The Bertz CT molecular complexity index is 449. The number of halogens is 1. The van der Waals surface area contributed by atoms with E-state index in [1.807, 2.05) is 0 Å². The van der Waals surface area contributed by atoms with Crippen molar-refractivity contribution in [1.29, 1.82) is 0 Å². The number of aromatic nitrogens is 1. The van der Waals surface area contributed by atoms with Crippen LogP contribution in [0.1, 0.15) is 25.7 Å². The molecular weight excluding hydrogens is 246 g/mol. The van der Waals surface area contributed by atoms with Gasteiger partial charge in [0.15, 0.2) is 0 Å². The Labute approximate surface area is 113 Å². The van der Waals surface area contributed by atoms with Crippen molar-refractivity contribution in [3.8, 4) is 0 Å². The average molecular weight is 266 g/mol.